The van der Waals surface area contributed by atoms with Crippen LogP contribution < -0.4 is 4.74 Å². The van der Waals surface area contributed by atoms with Gasteiger partial charge in [-0.25, -0.2) is 0 Å². The number of ether oxygens (including phenoxy) is 1. The Morgan fingerprint density at radius 1 is 1.35 bits per heavy atom. The molecule has 2 heteroatoms. The van der Waals surface area contributed by atoms with Gasteiger partial charge < -0.3 is 9.84 Å². The van der Waals surface area contributed by atoms with Crippen LogP contribution in [-0.4, -0.2) is 17.3 Å². The Morgan fingerprint density at radius 2 is 2.06 bits per heavy atom. The van der Waals surface area contributed by atoms with E-state index in [0.717, 1.165) is 18.6 Å². The van der Waals surface area contributed by atoms with Gasteiger partial charge in [-0.2, -0.15) is 0 Å². The number of hydrogen-bond donors (Lipinski definition) is 1. The number of rotatable bonds is 2. The molecule has 1 N–H and O–H groups in total. The lowest BCUT2D eigenvalue weighted by Gasteiger charge is -2.38. The maximum Gasteiger partial charge on any atom is 0.126 e. The number of aliphatic hydroxyl groups excluding tert-OH is 1. The summed E-state index contributed by atoms with van der Waals surface area (Å²) >= 11 is 0. The molecule has 0 fully saturated rings. The fourth-order valence-electron chi connectivity index (χ4n) is 2.86. The van der Waals surface area contributed by atoms with Crippen molar-refractivity contribution in [1.82, 2.24) is 0 Å². The van der Waals surface area contributed by atoms with E-state index >= 15 is 0 Å². The Labute approximate surface area is 104 Å². The average Bonchev–Trinajstić information content (AvgIpc) is 2.19. The summed E-state index contributed by atoms with van der Waals surface area (Å²) in [6.07, 6.45) is 1.80. The standard InChI is InChI=1S/C15H22O2/c1-10-7-11(2)14-13(8-10)12(5-6-16)9-15(3,4)17-14/h7-8,12,16H,5-6,9H2,1-4H3. The third-order valence-corrected chi connectivity index (χ3v) is 3.48. The molecule has 17 heavy (non-hydrogen) atoms. The van der Waals surface area contributed by atoms with E-state index in [2.05, 4.69) is 39.8 Å². The second-order valence-corrected chi connectivity index (χ2v) is 5.78. The average molecular weight is 234 g/mol. The molecule has 0 radical (unpaired) electrons. The summed E-state index contributed by atoms with van der Waals surface area (Å²) in [6, 6.07) is 4.37. The molecule has 0 amide bonds. The van der Waals surface area contributed by atoms with Crippen molar-refractivity contribution in [3.8, 4) is 5.75 Å². The van der Waals surface area contributed by atoms with Crippen LogP contribution in [0, 0.1) is 13.8 Å². The van der Waals surface area contributed by atoms with Crippen molar-refractivity contribution in [1.29, 1.82) is 0 Å². The summed E-state index contributed by atoms with van der Waals surface area (Å²) in [4.78, 5) is 0. The lowest BCUT2D eigenvalue weighted by molar-refractivity contribution is 0.0662. The van der Waals surface area contributed by atoms with E-state index in [1.54, 1.807) is 0 Å². The predicted molar refractivity (Wildman–Crippen MR) is 69.7 cm³/mol. The maximum atomic E-state index is 9.21. The molecular weight excluding hydrogens is 212 g/mol. The van der Waals surface area contributed by atoms with Gasteiger partial charge >= 0.3 is 0 Å². The van der Waals surface area contributed by atoms with Crippen molar-refractivity contribution in [2.45, 2.75) is 52.1 Å². The quantitative estimate of drug-likeness (QED) is 0.850. The highest BCUT2D eigenvalue weighted by Gasteiger charge is 2.34. The van der Waals surface area contributed by atoms with Crippen molar-refractivity contribution in [3.05, 3.63) is 28.8 Å². The van der Waals surface area contributed by atoms with E-state index in [1.807, 2.05) is 0 Å². The topological polar surface area (TPSA) is 29.5 Å². The third-order valence-electron chi connectivity index (χ3n) is 3.48. The molecule has 0 bridgehead atoms. The summed E-state index contributed by atoms with van der Waals surface area (Å²) in [6.45, 7) is 8.71. The van der Waals surface area contributed by atoms with Crippen LogP contribution in [0.5, 0.6) is 5.75 Å². The van der Waals surface area contributed by atoms with Crippen LogP contribution in [0.2, 0.25) is 0 Å². The summed E-state index contributed by atoms with van der Waals surface area (Å²) in [7, 11) is 0. The normalized spacial score (nSPS) is 21.8. The molecule has 1 aromatic rings. The van der Waals surface area contributed by atoms with Crippen LogP contribution in [0.25, 0.3) is 0 Å². The van der Waals surface area contributed by atoms with Gasteiger partial charge in [-0.05, 0) is 57.6 Å². The van der Waals surface area contributed by atoms with Gasteiger partial charge in [-0.1, -0.05) is 17.7 Å². The van der Waals surface area contributed by atoms with Gasteiger partial charge in [0.2, 0.25) is 0 Å². The molecule has 1 atom stereocenters. The van der Waals surface area contributed by atoms with Crippen LogP contribution in [-0.2, 0) is 0 Å². The SMILES string of the molecule is Cc1cc(C)c2c(c1)C(CCO)CC(C)(C)O2. The van der Waals surface area contributed by atoms with Crippen LogP contribution in [0.3, 0.4) is 0 Å². The number of hydrogen-bond acceptors (Lipinski definition) is 2. The summed E-state index contributed by atoms with van der Waals surface area (Å²) in [5.74, 6) is 1.45. The van der Waals surface area contributed by atoms with Gasteiger partial charge in [0.15, 0.2) is 0 Å². The maximum absolute atomic E-state index is 9.21. The minimum Gasteiger partial charge on any atom is -0.487 e. The van der Waals surface area contributed by atoms with E-state index in [1.165, 1.54) is 16.7 Å². The Hall–Kier alpha value is -1.02. The molecular formula is C15H22O2. The van der Waals surface area contributed by atoms with Gasteiger partial charge in [0.25, 0.3) is 0 Å². The fraction of sp³-hybridized carbons (Fsp3) is 0.600. The minimum absolute atomic E-state index is 0.132. The number of fused-ring (bicyclic) bond motifs is 1. The van der Waals surface area contributed by atoms with Crippen LogP contribution in [0.15, 0.2) is 12.1 Å². The molecule has 0 aromatic heterocycles. The van der Waals surface area contributed by atoms with Crippen LogP contribution in [0.4, 0.5) is 0 Å². The third kappa shape index (κ3) is 2.47. The zero-order chi connectivity index (χ0) is 12.6. The molecule has 1 aliphatic heterocycles. The second-order valence-electron chi connectivity index (χ2n) is 5.78. The van der Waals surface area contributed by atoms with Gasteiger partial charge in [-0.3, -0.25) is 0 Å². The molecule has 0 saturated heterocycles. The fourth-order valence-corrected chi connectivity index (χ4v) is 2.86. The van der Waals surface area contributed by atoms with Crippen molar-refractivity contribution in [2.24, 2.45) is 0 Å². The molecule has 0 saturated carbocycles. The first-order valence-electron chi connectivity index (χ1n) is 6.34. The van der Waals surface area contributed by atoms with E-state index in [0.29, 0.717) is 5.92 Å². The Bertz CT molecular complexity index is 421. The van der Waals surface area contributed by atoms with Crippen molar-refractivity contribution in [2.75, 3.05) is 6.61 Å². The zero-order valence-electron chi connectivity index (χ0n) is 11.2. The Balaban J connectivity index is 2.48. The molecule has 1 heterocycles. The molecule has 2 nitrogen and oxygen atoms in total. The number of aliphatic hydroxyl groups is 1. The molecule has 1 aliphatic rings. The van der Waals surface area contributed by atoms with Gasteiger partial charge in [0, 0.05) is 6.61 Å². The summed E-state index contributed by atoms with van der Waals surface area (Å²) < 4.78 is 6.10. The minimum atomic E-state index is -0.132. The summed E-state index contributed by atoms with van der Waals surface area (Å²) in [5.41, 5.74) is 3.62. The molecule has 94 valence electrons. The highest BCUT2D eigenvalue weighted by atomic mass is 16.5. The van der Waals surface area contributed by atoms with Crippen LogP contribution in [0.1, 0.15) is 49.3 Å². The van der Waals surface area contributed by atoms with E-state index in [-0.39, 0.29) is 12.2 Å². The molecule has 1 aromatic carbocycles. The lowest BCUT2D eigenvalue weighted by atomic mass is 9.81. The monoisotopic (exact) mass is 234 g/mol. The molecule has 1 unspecified atom stereocenters. The number of aryl methyl sites for hydroxylation is 2. The second kappa shape index (κ2) is 4.34. The zero-order valence-corrected chi connectivity index (χ0v) is 11.2. The first-order chi connectivity index (χ1) is 7.93. The first kappa shape index (κ1) is 12.4. The highest BCUT2D eigenvalue weighted by molar-refractivity contribution is 5.47. The van der Waals surface area contributed by atoms with E-state index in [4.69, 9.17) is 4.74 Å². The molecule has 0 spiro atoms. The van der Waals surface area contributed by atoms with Gasteiger partial charge in [-0.15, -0.1) is 0 Å². The van der Waals surface area contributed by atoms with Crippen molar-refractivity contribution in [3.63, 3.8) is 0 Å². The van der Waals surface area contributed by atoms with Gasteiger partial charge in [0.05, 0.1) is 0 Å². The van der Waals surface area contributed by atoms with Crippen molar-refractivity contribution >= 4 is 0 Å². The summed E-state index contributed by atoms with van der Waals surface area (Å²) in [5, 5.41) is 9.21. The first-order valence-corrected chi connectivity index (χ1v) is 6.34. The number of benzene rings is 1. The largest absolute Gasteiger partial charge is 0.487 e. The van der Waals surface area contributed by atoms with Gasteiger partial charge in [0.1, 0.15) is 11.4 Å². The van der Waals surface area contributed by atoms with E-state index < -0.39 is 0 Å². The van der Waals surface area contributed by atoms with E-state index in [9.17, 15) is 5.11 Å². The predicted octanol–water partition coefficient (Wildman–Crippen LogP) is 3.33. The highest BCUT2D eigenvalue weighted by Crippen LogP contribution is 2.44. The molecule has 0 aliphatic carbocycles. The molecule has 2 rings (SSSR count). The smallest absolute Gasteiger partial charge is 0.126 e. The van der Waals surface area contributed by atoms with Crippen molar-refractivity contribution < 1.29 is 9.84 Å². The Kier molecular flexibility index (Phi) is 3.17. The van der Waals surface area contributed by atoms with Crippen LogP contribution >= 0.6 is 0 Å². The Morgan fingerprint density at radius 3 is 2.71 bits per heavy atom. The lowest BCUT2D eigenvalue weighted by Crippen LogP contribution is -2.35.